The molecule has 0 saturated carbocycles. The minimum atomic E-state index is -0.305. The first-order valence-corrected chi connectivity index (χ1v) is 7.70. The van der Waals surface area contributed by atoms with Gasteiger partial charge in [-0.15, -0.1) is 0 Å². The van der Waals surface area contributed by atoms with Crippen LogP contribution in [0.3, 0.4) is 0 Å². The van der Waals surface area contributed by atoms with Crippen molar-refractivity contribution in [3.63, 3.8) is 0 Å². The Balaban J connectivity index is 1.39. The Kier molecular flexibility index (Phi) is 3.92. The van der Waals surface area contributed by atoms with Gasteiger partial charge in [0, 0.05) is 18.2 Å². The molecule has 0 atom stereocenters. The number of furan rings is 2. The van der Waals surface area contributed by atoms with Gasteiger partial charge in [0.15, 0.2) is 11.5 Å². The van der Waals surface area contributed by atoms with Gasteiger partial charge in [-0.05, 0) is 29.3 Å². The molecule has 124 valence electrons. The minimum absolute atomic E-state index is 0.210. The molecular formula is C19H14N2O4. The summed E-state index contributed by atoms with van der Waals surface area (Å²) in [4.78, 5) is 12.2. The third kappa shape index (κ3) is 3.23. The van der Waals surface area contributed by atoms with Crippen LogP contribution in [0.5, 0.6) is 0 Å². The SMILES string of the molecule is O=C(NCc1ccc(-c2ccoc2)cc1)c1cc(-c2ccco2)on1. The zero-order valence-corrected chi connectivity index (χ0v) is 13.1. The van der Waals surface area contributed by atoms with Gasteiger partial charge in [0.05, 0.1) is 18.8 Å². The third-order valence-electron chi connectivity index (χ3n) is 3.77. The van der Waals surface area contributed by atoms with Gasteiger partial charge in [0.25, 0.3) is 5.91 Å². The average molecular weight is 334 g/mol. The van der Waals surface area contributed by atoms with Gasteiger partial charge in [0.1, 0.15) is 0 Å². The van der Waals surface area contributed by atoms with Gasteiger partial charge in [-0.3, -0.25) is 4.79 Å². The lowest BCUT2D eigenvalue weighted by atomic mass is 10.1. The molecule has 25 heavy (non-hydrogen) atoms. The van der Waals surface area contributed by atoms with Crippen molar-refractivity contribution in [2.45, 2.75) is 6.54 Å². The average Bonchev–Trinajstić information content (AvgIpc) is 3.42. The molecule has 0 fully saturated rings. The highest BCUT2D eigenvalue weighted by atomic mass is 16.5. The van der Waals surface area contributed by atoms with Crippen LogP contribution in [-0.4, -0.2) is 11.1 Å². The fourth-order valence-electron chi connectivity index (χ4n) is 2.43. The largest absolute Gasteiger partial charge is 0.472 e. The fraction of sp³-hybridized carbons (Fsp3) is 0.0526. The Morgan fingerprint density at radius 2 is 1.88 bits per heavy atom. The first-order valence-electron chi connectivity index (χ1n) is 7.70. The molecule has 3 aromatic heterocycles. The summed E-state index contributed by atoms with van der Waals surface area (Å²) in [5.74, 6) is 0.640. The lowest BCUT2D eigenvalue weighted by Gasteiger charge is -2.04. The van der Waals surface area contributed by atoms with E-state index in [0.717, 1.165) is 16.7 Å². The van der Waals surface area contributed by atoms with Crippen molar-refractivity contribution in [2.75, 3.05) is 0 Å². The monoisotopic (exact) mass is 334 g/mol. The van der Waals surface area contributed by atoms with Gasteiger partial charge >= 0.3 is 0 Å². The topological polar surface area (TPSA) is 81.4 Å². The van der Waals surface area contributed by atoms with E-state index in [-0.39, 0.29) is 11.6 Å². The molecule has 0 bridgehead atoms. The van der Waals surface area contributed by atoms with Gasteiger partial charge in [-0.2, -0.15) is 0 Å². The number of benzene rings is 1. The Bertz CT molecular complexity index is 951. The summed E-state index contributed by atoms with van der Waals surface area (Å²) in [6, 6.07) is 14.8. The Labute approximate surface area is 143 Å². The van der Waals surface area contributed by atoms with Crippen molar-refractivity contribution in [2.24, 2.45) is 0 Å². The van der Waals surface area contributed by atoms with E-state index in [1.54, 1.807) is 30.7 Å². The second kappa shape index (κ2) is 6.52. The molecule has 1 amide bonds. The molecule has 1 N–H and O–H groups in total. The van der Waals surface area contributed by atoms with Gasteiger partial charge in [0.2, 0.25) is 5.76 Å². The standard InChI is InChI=1S/C19H14N2O4/c22-19(16-10-18(25-21-16)17-2-1-8-24-17)20-11-13-3-5-14(6-4-13)15-7-9-23-12-15/h1-10,12H,11H2,(H,20,22). The zero-order chi connectivity index (χ0) is 17.1. The van der Waals surface area contributed by atoms with Crippen molar-refractivity contribution in [3.05, 3.63) is 78.6 Å². The highest BCUT2D eigenvalue weighted by Gasteiger charge is 2.14. The number of nitrogens with one attached hydrogen (secondary N) is 1. The summed E-state index contributed by atoms with van der Waals surface area (Å²) in [6.45, 7) is 0.396. The predicted molar refractivity (Wildman–Crippen MR) is 89.5 cm³/mol. The molecule has 6 nitrogen and oxygen atoms in total. The smallest absolute Gasteiger partial charge is 0.273 e. The number of hydrogen-bond donors (Lipinski definition) is 1. The maximum Gasteiger partial charge on any atom is 0.273 e. The number of rotatable bonds is 5. The molecule has 6 heteroatoms. The predicted octanol–water partition coefficient (Wildman–Crippen LogP) is 4.12. The molecule has 0 radical (unpaired) electrons. The molecule has 4 rings (SSSR count). The van der Waals surface area contributed by atoms with Crippen molar-refractivity contribution < 1.29 is 18.2 Å². The van der Waals surface area contributed by atoms with Crippen LogP contribution in [0.15, 0.2) is 80.7 Å². The highest BCUT2D eigenvalue weighted by molar-refractivity contribution is 5.92. The van der Waals surface area contributed by atoms with Crippen LogP contribution in [-0.2, 0) is 6.54 Å². The van der Waals surface area contributed by atoms with E-state index in [4.69, 9.17) is 13.4 Å². The maximum atomic E-state index is 12.2. The number of carbonyl (C=O) groups excluding carboxylic acids is 1. The van der Waals surface area contributed by atoms with Gasteiger partial charge in [-0.1, -0.05) is 29.4 Å². The van der Waals surface area contributed by atoms with Crippen molar-refractivity contribution in [1.29, 1.82) is 0 Å². The van der Waals surface area contributed by atoms with Crippen LogP contribution in [0.2, 0.25) is 0 Å². The van der Waals surface area contributed by atoms with Crippen LogP contribution in [0.1, 0.15) is 16.1 Å². The Morgan fingerprint density at radius 1 is 1.00 bits per heavy atom. The molecule has 0 aliphatic rings. The summed E-state index contributed by atoms with van der Waals surface area (Å²) in [5.41, 5.74) is 3.27. The van der Waals surface area contributed by atoms with Crippen LogP contribution in [0, 0.1) is 0 Å². The van der Waals surface area contributed by atoms with Crippen molar-refractivity contribution in [3.8, 4) is 22.6 Å². The molecule has 0 aliphatic carbocycles. The van der Waals surface area contributed by atoms with Crippen LogP contribution in [0.4, 0.5) is 0 Å². The van der Waals surface area contributed by atoms with Crippen molar-refractivity contribution >= 4 is 5.91 Å². The molecule has 0 aliphatic heterocycles. The van der Waals surface area contributed by atoms with Crippen LogP contribution in [0.25, 0.3) is 22.6 Å². The van der Waals surface area contributed by atoms with E-state index >= 15 is 0 Å². The second-order valence-corrected chi connectivity index (χ2v) is 5.45. The molecule has 1 aromatic carbocycles. The van der Waals surface area contributed by atoms with E-state index < -0.39 is 0 Å². The number of nitrogens with zero attached hydrogens (tertiary/aromatic N) is 1. The third-order valence-corrected chi connectivity index (χ3v) is 3.77. The van der Waals surface area contributed by atoms with Crippen LogP contribution >= 0.6 is 0 Å². The van der Waals surface area contributed by atoms with Gasteiger partial charge in [-0.25, -0.2) is 0 Å². The molecule has 3 heterocycles. The van der Waals surface area contributed by atoms with E-state index in [9.17, 15) is 4.79 Å². The number of amides is 1. The normalized spacial score (nSPS) is 10.7. The first-order chi connectivity index (χ1) is 12.3. The summed E-state index contributed by atoms with van der Waals surface area (Å²) in [5, 5.41) is 6.59. The fourth-order valence-corrected chi connectivity index (χ4v) is 2.43. The molecule has 0 spiro atoms. The lowest BCUT2D eigenvalue weighted by Crippen LogP contribution is -2.22. The lowest BCUT2D eigenvalue weighted by molar-refractivity contribution is 0.0942. The van der Waals surface area contributed by atoms with E-state index in [1.165, 1.54) is 6.26 Å². The number of carbonyl (C=O) groups is 1. The highest BCUT2D eigenvalue weighted by Crippen LogP contribution is 2.21. The Hall–Kier alpha value is -3.54. The van der Waals surface area contributed by atoms with E-state index in [2.05, 4.69) is 10.5 Å². The Morgan fingerprint density at radius 3 is 2.60 bits per heavy atom. The van der Waals surface area contributed by atoms with Crippen molar-refractivity contribution in [1.82, 2.24) is 10.5 Å². The van der Waals surface area contributed by atoms with E-state index in [1.807, 2.05) is 30.3 Å². The second-order valence-electron chi connectivity index (χ2n) is 5.45. The molecular weight excluding hydrogens is 320 g/mol. The maximum absolute atomic E-state index is 12.2. The van der Waals surface area contributed by atoms with Crippen LogP contribution < -0.4 is 5.32 Å². The summed E-state index contributed by atoms with van der Waals surface area (Å²) in [7, 11) is 0. The summed E-state index contributed by atoms with van der Waals surface area (Å²) in [6.07, 6.45) is 4.86. The van der Waals surface area contributed by atoms with Gasteiger partial charge < -0.3 is 18.7 Å². The first kappa shape index (κ1) is 15.0. The molecule has 0 unspecified atom stereocenters. The quantitative estimate of drug-likeness (QED) is 0.593. The molecule has 4 aromatic rings. The molecule has 0 saturated heterocycles. The zero-order valence-electron chi connectivity index (χ0n) is 13.1. The summed E-state index contributed by atoms with van der Waals surface area (Å²) >= 11 is 0. The minimum Gasteiger partial charge on any atom is -0.472 e. The van der Waals surface area contributed by atoms with E-state index in [0.29, 0.717) is 18.1 Å². The summed E-state index contributed by atoms with van der Waals surface area (Å²) < 4.78 is 15.4. The number of hydrogen-bond acceptors (Lipinski definition) is 5. The number of aromatic nitrogens is 1.